The Hall–Kier alpha value is -4.39. The average molecular weight is 459 g/mol. The van der Waals surface area contributed by atoms with Crippen molar-refractivity contribution in [2.75, 3.05) is 11.9 Å². The molecule has 0 aliphatic rings. The van der Waals surface area contributed by atoms with E-state index in [-0.39, 0.29) is 30.7 Å². The fourth-order valence-corrected chi connectivity index (χ4v) is 3.09. The molecule has 3 aromatic rings. The first kappa shape index (κ1) is 24.3. The van der Waals surface area contributed by atoms with Crippen LogP contribution in [0.15, 0.2) is 78.9 Å². The van der Waals surface area contributed by atoms with Crippen molar-refractivity contribution in [3.8, 4) is 5.75 Å². The van der Waals surface area contributed by atoms with E-state index in [1.165, 1.54) is 18.2 Å². The molecule has 0 aliphatic heterocycles. The molecule has 0 spiro atoms. The molecule has 0 heterocycles. The Morgan fingerprint density at radius 2 is 1.62 bits per heavy atom. The standard InChI is InChI=1S/C27H26N2O5/c1-3-33-27(32)34-23-15-12-21(13-16-23)26(31)29-24-11-7-6-10-22(24)18-28-25(30)17-14-20-9-5-4-8-19(20)2/h4-17H,3,18H2,1-2H3,(H,28,30)(H,29,31)/b17-14+. The summed E-state index contributed by atoms with van der Waals surface area (Å²) >= 11 is 0. The number of hydrogen-bond donors (Lipinski definition) is 2. The summed E-state index contributed by atoms with van der Waals surface area (Å²) in [5.74, 6) is -0.292. The van der Waals surface area contributed by atoms with E-state index in [1.807, 2.05) is 43.3 Å². The van der Waals surface area contributed by atoms with Crippen LogP contribution in [0.1, 0.15) is 34.0 Å². The van der Waals surface area contributed by atoms with Gasteiger partial charge in [-0.15, -0.1) is 0 Å². The van der Waals surface area contributed by atoms with Crippen LogP contribution in [0, 0.1) is 6.92 Å². The minimum absolute atomic E-state index is 0.210. The maximum Gasteiger partial charge on any atom is 0.513 e. The molecule has 0 fully saturated rings. The molecular formula is C27H26N2O5. The third-order valence-corrected chi connectivity index (χ3v) is 4.90. The number of anilines is 1. The van der Waals surface area contributed by atoms with Crippen molar-refractivity contribution in [2.24, 2.45) is 0 Å². The minimum atomic E-state index is -0.801. The van der Waals surface area contributed by atoms with Crippen molar-refractivity contribution >= 4 is 29.7 Å². The number of rotatable bonds is 8. The molecule has 2 N–H and O–H groups in total. The third-order valence-electron chi connectivity index (χ3n) is 4.90. The van der Waals surface area contributed by atoms with E-state index in [1.54, 1.807) is 37.3 Å². The zero-order chi connectivity index (χ0) is 24.3. The van der Waals surface area contributed by atoms with Gasteiger partial charge in [-0.25, -0.2) is 4.79 Å². The van der Waals surface area contributed by atoms with Gasteiger partial charge in [0.1, 0.15) is 5.75 Å². The molecule has 0 bridgehead atoms. The number of ether oxygens (including phenoxy) is 2. The van der Waals surface area contributed by atoms with Crippen molar-refractivity contribution in [1.29, 1.82) is 0 Å². The van der Waals surface area contributed by atoms with Gasteiger partial charge in [-0.1, -0.05) is 42.5 Å². The topological polar surface area (TPSA) is 93.7 Å². The number of carbonyl (C=O) groups is 3. The van der Waals surface area contributed by atoms with E-state index in [0.29, 0.717) is 11.3 Å². The molecule has 174 valence electrons. The zero-order valence-corrected chi connectivity index (χ0v) is 19.0. The number of para-hydroxylation sites is 1. The van der Waals surface area contributed by atoms with Crippen LogP contribution in [-0.4, -0.2) is 24.6 Å². The normalized spacial score (nSPS) is 10.5. The molecule has 0 aromatic heterocycles. The SMILES string of the molecule is CCOC(=O)Oc1ccc(C(=O)Nc2ccccc2CNC(=O)/C=C/c2ccccc2C)cc1. The summed E-state index contributed by atoms with van der Waals surface area (Å²) in [6, 6.07) is 21.1. The van der Waals surface area contributed by atoms with E-state index in [9.17, 15) is 14.4 Å². The lowest BCUT2D eigenvalue weighted by atomic mass is 10.1. The minimum Gasteiger partial charge on any atom is -0.434 e. The average Bonchev–Trinajstić information content (AvgIpc) is 2.83. The molecule has 7 heteroatoms. The number of nitrogens with one attached hydrogen (secondary N) is 2. The first-order valence-electron chi connectivity index (χ1n) is 10.8. The highest BCUT2D eigenvalue weighted by atomic mass is 16.7. The fraction of sp³-hybridized carbons (Fsp3) is 0.148. The quantitative estimate of drug-likeness (QED) is 0.278. The molecule has 2 amide bonds. The summed E-state index contributed by atoms with van der Waals surface area (Å²) in [5.41, 5.74) is 3.79. The molecule has 0 unspecified atom stereocenters. The summed E-state index contributed by atoms with van der Waals surface area (Å²) in [6.45, 7) is 4.12. The van der Waals surface area contributed by atoms with Crippen molar-refractivity contribution in [2.45, 2.75) is 20.4 Å². The second kappa shape index (κ2) is 12.0. The van der Waals surface area contributed by atoms with Crippen LogP contribution in [0.2, 0.25) is 0 Å². The van der Waals surface area contributed by atoms with Crippen molar-refractivity contribution in [1.82, 2.24) is 5.32 Å². The fourth-order valence-electron chi connectivity index (χ4n) is 3.09. The van der Waals surface area contributed by atoms with Crippen LogP contribution >= 0.6 is 0 Å². The smallest absolute Gasteiger partial charge is 0.434 e. The zero-order valence-electron chi connectivity index (χ0n) is 19.0. The number of amides is 2. The van der Waals surface area contributed by atoms with Gasteiger partial charge in [0.05, 0.1) is 6.61 Å². The summed E-state index contributed by atoms with van der Waals surface area (Å²) in [5, 5.41) is 5.70. The summed E-state index contributed by atoms with van der Waals surface area (Å²) in [4.78, 5) is 36.4. The van der Waals surface area contributed by atoms with Crippen molar-refractivity contribution in [3.63, 3.8) is 0 Å². The van der Waals surface area contributed by atoms with Gasteiger partial charge in [-0.2, -0.15) is 0 Å². The highest BCUT2D eigenvalue weighted by molar-refractivity contribution is 6.04. The number of carbonyl (C=O) groups excluding carboxylic acids is 3. The van der Waals surface area contributed by atoms with Crippen molar-refractivity contribution in [3.05, 3.63) is 101 Å². The maximum atomic E-state index is 12.7. The van der Waals surface area contributed by atoms with Gasteiger partial charge in [0.15, 0.2) is 0 Å². The molecule has 0 atom stereocenters. The summed E-state index contributed by atoms with van der Waals surface area (Å²) < 4.78 is 9.72. The molecule has 3 rings (SSSR count). The van der Waals surface area contributed by atoms with Crippen LogP contribution in [0.3, 0.4) is 0 Å². The molecule has 7 nitrogen and oxygen atoms in total. The molecule has 34 heavy (non-hydrogen) atoms. The maximum absolute atomic E-state index is 12.7. The van der Waals surface area contributed by atoms with Gasteiger partial charge < -0.3 is 20.1 Å². The predicted octanol–water partition coefficient (Wildman–Crippen LogP) is 5.11. The van der Waals surface area contributed by atoms with E-state index in [0.717, 1.165) is 16.7 Å². The summed E-state index contributed by atoms with van der Waals surface area (Å²) in [6.07, 6.45) is 2.46. The van der Waals surface area contributed by atoms with Crippen LogP contribution in [0.4, 0.5) is 10.5 Å². The number of hydrogen-bond acceptors (Lipinski definition) is 5. The van der Waals surface area contributed by atoms with E-state index in [4.69, 9.17) is 9.47 Å². The Morgan fingerprint density at radius 1 is 0.912 bits per heavy atom. The molecule has 0 saturated carbocycles. The molecule has 0 saturated heterocycles. The van der Waals surface area contributed by atoms with Gasteiger partial charge in [0.25, 0.3) is 5.91 Å². The van der Waals surface area contributed by atoms with Crippen LogP contribution in [0.5, 0.6) is 5.75 Å². The van der Waals surface area contributed by atoms with E-state index < -0.39 is 6.16 Å². The van der Waals surface area contributed by atoms with Gasteiger partial charge in [0.2, 0.25) is 5.91 Å². The largest absolute Gasteiger partial charge is 0.513 e. The Morgan fingerprint density at radius 3 is 2.35 bits per heavy atom. The predicted molar refractivity (Wildman–Crippen MR) is 131 cm³/mol. The molecule has 3 aromatic carbocycles. The highest BCUT2D eigenvalue weighted by Gasteiger charge is 2.11. The van der Waals surface area contributed by atoms with Crippen LogP contribution in [0.25, 0.3) is 6.08 Å². The Balaban J connectivity index is 1.59. The Labute approximate surface area is 198 Å². The monoisotopic (exact) mass is 458 g/mol. The van der Waals surface area contributed by atoms with Gasteiger partial charge >= 0.3 is 6.16 Å². The van der Waals surface area contributed by atoms with Crippen molar-refractivity contribution < 1.29 is 23.9 Å². The second-order valence-electron chi connectivity index (χ2n) is 7.33. The lowest BCUT2D eigenvalue weighted by Gasteiger charge is -2.12. The Kier molecular flexibility index (Phi) is 8.57. The molecule has 0 radical (unpaired) electrons. The lowest BCUT2D eigenvalue weighted by Crippen LogP contribution is -2.22. The molecule has 0 aliphatic carbocycles. The van der Waals surface area contributed by atoms with E-state index in [2.05, 4.69) is 10.6 Å². The second-order valence-corrected chi connectivity index (χ2v) is 7.33. The van der Waals surface area contributed by atoms with E-state index >= 15 is 0 Å². The first-order chi connectivity index (χ1) is 16.5. The Bertz CT molecular complexity index is 1190. The van der Waals surface area contributed by atoms with Gasteiger partial charge in [0, 0.05) is 23.9 Å². The summed E-state index contributed by atoms with van der Waals surface area (Å²) in [7, 11) is 0. The lowest BCUT2D eigenvalue weighted by molar-refractivity contribution is -0.116. The van der Waals surface area contributed by atoms with Gasteiger partial charge in [-0.05, 0) is 66.9 Å². The van der Waals surface area contributed by atoms with Crippen LogP contribution in [-0.2, 0) is 16.1 Å². The van der Waals surface area contributed by atoms with Crippen LogP contribution < -0.4 is 15.4 Å². The van der Waals surface area contributed by atoms with Gasteiger partial charge in [-0.3, -0.25) is 9.59 Å². The number of aryl methyl sites for hydroxylation is 1. The number of benzene rings is 3. The highest BCUT2D eigenvalue weighted by Crippen LogP contribution is 2.18. The first-order valence-corrected chi connectivity index (χ1v) is 10.8. The molecular weight excluding hydrogens is 432 g/mol. The third kappa shape index (κ3) is 7.06.